The van der Waals surface area contributed by atoms with Crippen LogP contribution in [0.1, 0.15) is 21.7 Å². The highest BCUT2D eigenvalue weighted by atomic mass is 79.9. The average Bonchev–Trinajstić information content (AvgIpc) is 2.92. The minimum atomic E-state index is -0.175. The second-order valence-corrected chi connectivity index (χ2v) is 6.20. The maximum Gasteiger partial charge on any atom is 0.287 e. The van der Waals surface area contributed by atoms with Gasteiger partial charge < -0.3 is 9.73 Å². The number of furan rings is 1. The van der Waals surface area contributed by atoms with E-state index in [4.69, 9.17) is 4.42 Å². The number of halogens is 1. The lowest BCUT2D eigenvalue weighted by Gasteiger charge is -2.03. The predicted octanol–water partition coefficient (Wildman–Crippen LogP) is 4.48. The second kappa shape index (κ2) is 6.36. The fourth-order valence-corrected chi connectivity index (χ4v) is 2.57. The highest BCUT2D eigenvalue weighted by Crippen LogP contribution is 2.20. The summed E-state index contributed by atoms with van der Waals surface area (Å²) in [6.45, 7) is 2.58. The molecule has 22 heavy (non-hydrogen) atoms. The summed E-state index contributed by atoms with van der Waals surface area (Å²) < 4.78 is 6.66. The quantitative estimate of drug-likeness (QED) is 0.747. The first-order chi connectivity index (χ1) is 10.6. The van der Waals surface area contributed by atoms with E-state index in [1.54, 1.807) is 6.07 Å². The molecule has 112 valence electrons. The number of rotatable bonds is 4. The number of hydrogen-bond donors (Lipinski definition) is 1. The summed E-state index contributed by atoms with van der Waals surface area (Å²) in [6, 6.07) is 15.8. The standard InChI is InChI=1S/C18H16BrNO2/c1-12-2-5-14-11-17(22-16(14)10-12)18(21)20-9-8-13-3-6-15(19)7-4-13/h2-7,10-11H,8-9H2,1H3,(H,20,21). The fraction of sp³-hybridized carbons (Fsp3) is 0.167. The van der Waals surface area contributed by atoms with Crippen molar-refractivity contribution in [3.05, 3.63) is 69.9 Å². The van der Waals surface area contributed by atoms with Crippen LogP contribution in [0.5, 0.6) is 0 Å². The van der Waals surface area contributed by atoms with E-state index in [1.165, 1.54) is 5.56 Å². The summed E-state index contributed by atoms with van der Waals surface area (Å²) in [5.74, 6) is 0.183. The zero-order valence-electron chi connectivity index (χ0n) is 12.2. The van der Waals surface area contributed by atoms with Crippen molar-refractivity contribution in [2.24, 2.45) is 0 Å². The van der Waals surface area contributed by atoms with Crippen molar-refractivity contribution in [1.29, 1.82) is 0 Å². The largest absolute Gasteiger partial charge is 0.451 e. The SMILES string of the molecule is Cc1ccc2cc(C(=O)NCCc3ccc(Br)cc3)oc2c1. The van der Waals surface area contributed by atoms with Crippen LogP contribution in [0, 0.1) is 6.92 Å². The summed E-state index contributed by atoms with van der Waals surface area (Å²) in [4.78, 5) is 12.1. The highest BCUT2D eigenvalue weighted by Gasteiger charge is 2.11. The molecule has 0 saturated heterocycles. The Kier molecular flexibility index (Phi) is 4.29. The smallest absolute Gasteiger partial charge is 0.287 e. The lowest BCUT2D eigenvalue weighted by Crippen LogP contribution is -2.25. The molecule has 3 nitrogen and oxygen atoms in total. The van der Waals surface area contributed by atoms with Crippen molar-refractivity contribution in [2.45, 2.75) is 13.3 Å². The Bertz CT molecular complexity index is 806. The van der Waals surface area contributed by atoms with Crippen LogP contribution in [0.25, 0.3) is 11.0 Å². The number of hydrogen-bond acceptors (Lipinski definition) is 2. The molecule has 0 bridgehead atoms. The van der Waals surface area contributed by atoms with Gasteiger partial charge in [-0.2, -0.15) is 0 Å². The van der Waals surface area contributed by atoms with Gasteiger partial charge in [0.2, 0.25) is 0 Å². The molecule has 0 aliphatic heterocycles. The van der Waals surface area contributed by atoms with Crippen LogP contribution in [0.3, 0.4) is 0 Å². The average molecular weight is 358 g/mol. The summed E-state index contributed by atoms with van der Waals surface area (Å²) in [5, 5.41) is 3.84. The molecule has 1 amide bonds. The van der Waals surface area contributed by atoms with E-state index in [-0.39, 0.29) is 5.91 Å². The Morgan fingerprint density at radius 2 is 1.91 bits per heavy atom. The van der Waals surface area contributed by atoms with Gasteiger partial charge in [0.1, 0.15) is 5.58 Å². The van der Waals surface area contributed by atoms with E-state index >= 15 is 0 Å². The molecule has 3 rings (SSSR count). The number of carbonyl (C=O) groups excluding carboxylic acids is 1. The number of benzene rings is 2. The predicted molar refractivity (Wildman–Crippen MR) is 91.1 cm³/mol. The highest BCUT2D eigenvalue weighted by molar-refractivity contribution is 9.10. The molecule has 1 N–H and O–H groups in total. The van der Waals surface area contributed by atoms with Crippen molar-refractivity contribution >= 4 is 32.8 Å². The van der Waals surface area contributed by atoms with Crippen LogP contribution in [0.15, 0.2) is 57.4 Å². The number of carbonyl (C=O) groups is 1. The lowest BCUT2D eigenvalue weighted by atomic mass is 10.1. The van der Waals surface area contributed by atoms with Crippen molar-refractivity contribution < 1.29 is 9.21 Å². The maximum atomic E-state index is 12.1. The Labute approximate surface area is 137 Å². The number of fused-ring (bicyclic) bond motifs is 1. The number of amides is 1. The van der Waals surface area contributed by atoms with Crippen LogP contribution >= 0.6 is 15.9 Å². The molecule has 1 heterocycles. The number of nitrogens with one attached hydrogen (secondary N) is 1. The molecule has 4 heteroatoms. The first-order valence-corrected chi connectivity index (χ1v) is 7.94. The van der Waals surface area contributed by atoms with E-state index < -0.39 is 0 Å². The summed E-state index contributed by atoms with van der Waals surface area (Å²) >= 11 is 3.41. The van der Waals surface area contributed by atoms with Crippen molar-refractivity contribution in [2.75, 3.05) is 6.54 Å². The normalized spacial score (nSPS) is 10.8. The van der Waals surface area contributed by atoms with Crippen LogP contribution in [0.4, 0.5) is 0 Å². The van der Waals surface area contributed by atoms with E-state index in [0.29, 0.717) is 12.3 Å². The molecule has 1 aromatic heterocycles. The first-order valence-electron chi connectivity index (χ1n) is 7.15. The van der Waals surface area contributed by atoms with Crippen LogP contribution in [-0.2, 0) is 6.42 Å². The molecule has 0 radical (unpaired) electrons. The van der Waals surface area contributed by atoms with Gasteiger partial charge in [-0.05, 0) is 48.7 Å². The molecular formula is C18H16BrNO2. The molecule has 3 aromatic rings. The van der Waals surface area contributed by atoms with E-state index in [2.05, 4.69) is 21.2 Å². The molecule has 0 saturated carbocycles. The molecule has 0 fully saturated rings. The molecule has 0 spiro atoms. The Hall–Kier alpha value is -2.07. The van der Waals surface area contributed by atoms with Gasteiger partial charge in [0, 0.05) is 16.4 Å². The van der Waals surface area contributed by atoms with Gasteiger partial charge in [-0.25, -0.2) is 0 Å². The summed E-state index contributed by atoms with van der Waals surface area (Å²) in [5.41, 5.74) is 3.05. The zero-order chi connectivity index (χ0) is 15.5. The molecule has 0 aliphatic rings. The van der Waals surface area contributed by atoms with Crippen LogP contribution in [-0.4, -0.2) is 12.5 Å². The molecular weight excluding hydrogens is 342 g/mol. The van der Waals surface area contributed by atoms with Crippen molar-refractivity contribution in [3.8, 4) is 0 Å². The van der Waals surface area contributed by atoms with Crippen molar-refractivity contribution in [1.82, 2.24) is 5.32 Å². The Morgan fingerprint density at radius 3 is 2.68 bits per heavy atom. The van der Waals surface area contributed by atoms with E-state index in [0.717, 1.165) is 27.4 Å². The van der Waals surface area contributed by atoms with Gasteiger partial charge in [0.05, 0.1) is 0 Å². The molecule has 0 aliphatic carbocycles. The molecule has 0 unspecified atom stereocenters. The summed E-state index contributed by atoms with van der Waals surface area (Å²) in [7, 11) is 0. The minimum Gasteiger partial charge on any atom is -0.451 e. The maximum absolute atomic E-state index is 12.1. The third kappa shape index (κ3) is 3.39. The monoisotopic (exact) mass is 357 g/mol. The third-order valence-electron chi connectivity index (χ3n) is 3.51. The zero-order valence-corrected chi connectivity index (χ0v) is 13.8. The van der Waals surface area contributed by atoms with Crippen molar-refractivity contribution in [3.63, 3.8) is 0 Å². The van der Waals surface area contributed by atoms with Gasteiger partial charge in [0.15, 0.2) is 5.76 Å². The molecule has 0 atom stereocenters. The fourth-order valence-electron chi connectivity index (χ4n) is 2.31. The number of aryl methyl sites for hydroxylation is 1. The van der Waals surface area contributed by atoms with E-state index in [1.807, 2.05) is 49.4 Å². The van der Waals surface area contributed by atoms with Gasteiger partial charge in [0.25, 0.3) is 5.91 Å². The Morgan fingerprint density at radius 1 is 1.14 bits per heavy atom. The minimum absolute atomic E-state index is 0.175. The lowest BCUT2D eigenvalue weighted by molar-refractivity contribution is 0.0928. The Balaban J connectivity index is 1.62. The van der Waals surface area contributed by atoms with E-state index in [9.17, 15) is 4.79 Å². The third-order valence-corrected chi connectivity index (χ3v) is 4.04. The topological polar surface area (TPSA) is 42.2 Å². The first kappa shape index (κ1) is 14.9. The second-order valence-electron chi connectivity index (χ2n) is 5.28. The van der Waals surface area contributed by atoms with Gasteiger partial charge in [-0.3, -0.25) is 4.79 Å². The van der Waals surface area contributed by atoms with Gasteiger partial charge in [-0.15, -0.1) is 0 Å². The van der Waals surface area contributed by atoms with Crippen LogP contribution < -0.4 is 5.32 Å². The summed E-state index contributed by atoms with van der Waals surface area (Å²) in [6.07, 6.45) is 0.790. The van der Waals surface area contributed by atoms with Gasteiger partial charge >= 0.3 is 0 Å². The van der Waals surface area contributed by atoms with Crippen LogP contribution in [0.2, 0.25) is 0 Å². The van der Waals surface area contributed by atoms with Gasteiger partial charge in [-0.1, -0.05) is 40.2 Å². The molecule has 2 aromatic carbocycles.